The van der Waals surface area contributed by atoms with Gasteiger partial charge in [-0.25, -0.2) is 0 Å². The molecule has 0 fully saturated rings. The summed E-state index contributed by atoms with van der Waals surface area (Å²) in [7, 11) is 2.72. The third-order valence-corrected chi connectivity index (χ3v) is 3.33. The minimum absolute atomic E-state index is 1.03. The van der Waals surface area contributed by atoms with E-state index in [0.717, 1.165) is 6.42 Å². The molecule has 2 aromatic rings. The van der Waals surface area contributed by atoms with Crippen LogP contribution in [0.4, 0.5) is 0 Å². The number of rotatable bonds is 4. The molecule has 0 saturated heterocycles. The van der Waals surface area contributed by atoms with Crippen molar-refractivity contribution < 1.29 is 0 Å². The molecule has 88 valence electrons. The van der Waals surface area contributed by atoms with E-state index in [4.69, 9.17) is 0 Å². The molecule has 0 aromatic heterocycles. The first-order chi connectivity index (χ1) is 8.28. The molecular formula is C16H19P. The van der Waals surface area contributed by atoms with Crippen molar-refractivity contribution in [2.45, 2.75) is 26.2 Å². The Morgan fingerprint density at radius 2 is 1.24 bits per heavy atom. The summed E-state index contributed by atoms with van der Waals surface area (Å²) >= 11 is 0. The number of aryl methyl sites for hydroxylation is 1. The number of benzene rings is 2. The van der Waals surface area contributed by atoms with Gasteiger partial charge in [-0.05, 0) is 34.8 Å². The first kappa shape index (κ1) is 12.3. The predicted octanol–water partition coefficient (Wildman–Crippen LogP) is 3.73. The van der Waals surface area contributed by atoms with E-state index < -0.39 is 0 Å². The molecule has 0 saturated carbocycles. The second-order valence-corrected chi connectivity index (χ2v) is 5.15. The van der Waals surface area contributed by atoms with E-state index in [9.17, 15) is 0 Å². The zero-order valence-corrected chi connectivity index (χ0v) is 11.5. The van der Waals surface area contributed by atoms with Crippen molar-refractivity contribution in [1.82, 2.24) is 0 Å². The fraction of sp³-hybridized carbons (Fsp3) is 0.250. The topological polar surface area (TPSA) is 0 Å². The van der Waals surface area contributed by atoms with Crippen LogP contribution in [-0.2, 0) is 12.8 Å². The van der Waals surface area contributed by atoms with Crippen LogP contribution >= 0.6 is 9.24 Å². The minimum atomic E-state index is 1.03. The van der Waals surface area contributed by atoms with E-state index in [2.05, 4.69) is 64.7 Å². The SMILES string of the molecule is CCCc1ccc(Cc2ccc(P)cc2)cc1. The molecule has 2 rings (SSSR count). The average Bonchev–Trinajstić information content (AvgIpc) is 2.35. The van der Waals surface area contributed by atoms with E-state index in [0.29, 0.717) is 0 Å². The van der Waals surface area contributed by atoms with Gasteiger partial charge in [0, 0.05) is 0 Å². The zero-order chi connectivity index (χ0) is 12.1. The van der Waals surface area contributed by atoms with Crippen LogP contribution < -0.4 is 5.30 Å². The van der Waals surface area contributed by atoms with Gasteiger partial charge < -0.3 is 0 Å². The van der Waals surface area contributed by atoms with Crippen LogP contribution in [0.3, 0.4) is 0 Å². The Labute approximate surface area is 106 Å². The normalized spacial score (nSPS) is 10.5. The van der Waals surface area contributed by atoms with E-state index >= 15 is 0 Å². The minimum Gasteiger partial charge on any atom is -0.106 e. The number of hydrogen-bond acceptors (Lipinski definition) is 0. The highest BCUT2D eigenvalue weighted by Gasteiger charge is 1.97. The summed E-state index contributed by atoms with van der Waals surface area (Å²) in [5.74, 6) is 0. The van der Waals surface area contributed by atoms with Crippen LogP contribution in [0.5, 0.6) is 0 Å². The molecule has 0 aliphatic carbocycles. The smallest absolute Gasteiger partial charge is 0.00258 e. The van der Waals surface area contributed by atoms with Gasteiger partial charge in [0.25, 0.3) is 0 Å². The Morgan fingerprint density at radius 3 is 1.76 bits per heavy atom. The average molecular weight is 242 g/mol. The maximum atomic E-state index is 2.72. The van der Waals surface area contributed by atoms with Gasteiger partial charge in [0.05, 0.1) is 0 Å². The van der Waals surface area contributed by atoms with Crippen molar-refractivity contribution >= 4 is 14.5 Å². The van der Waals surface area contributed by atoms with Gasteiger partial charge in [-0.15, -0.1) is 9.24 Å². The van der Waals surface area contributed by atoms with Gasteiger partial charge in [0.15, 0.2) is 0 Å². The van der Waals surface area contributed by atoms with Crippen molar-refractivity contribution in [3.05, 3.63) is 65.2 Å². The Hall–Kier alpha value is -1.13. The lowest BCUT2D eigenvalue weighted by atomic mass is 10.0. The standard InChI is InChI=1S/C16H19P/c1-2-3-13-4-6-14(7-5-13)12-15-8-10-16(17)11-9-15/h4-11H,2-3,12,17H2,1H3. The molecule has 1 atom stereocenters. The fourth-order valence-corrected chi connectivity index (χ4v) is 2.18. The Bertz CT molecular complexity index is 454. The van der Waals surface area contributed by atoms with Crippen molar-refractivity contribution in [2.75, 3.05) is 0 Å². The molecule has 17 heavy (non-hydrogen) atoms. The fourth-order valence-electron chi connectivity index (χ4n) is 1.98. The van der Waals surface area contributed by atoms with Crippen molar-refractivity contribution in [2.24, 2.45) is 0 Å². The maximum absolute atomic E-state index is 2.72. The monoisotopic (exact) mass is 242 g/mol. The van der Waals surface area contributed by atoms with Gasteiger partial charge in [-0.2, -0.15) is 0 Å². The predicted molar refractivity (Wildman–Crippen MR) is 79.0 cm³/mol. The highest BCUT2D eigenvalue weighted by Crippen LogP contribution is 2.11. The van der Waals surface area contributed by atoms with Crippen molar-refractivity contribution in [3.63, 3.8) is 0 Å². The van der Waals surface area contributed by atoms with E-state index in [1.54, 1.807) is 0 Å². The first-order valence-electron chi connectivity index (χ1n) is 6.20. The molecule has 0 amide bonds. The third-order valence-electron chi connectivity index (χ3n) is 2.95. The number of hydrogen-bond donors (Lipinski definition) is 0. The third kappa shape index (κ3) is 3.68. The molecule has 0 N–H and O–H groups in total. The van der Waals surface area contributed by atoms with Crippen molar-refractivity contribution in [1.29, 1.82) is 0 Å². The van der Waals surface area contributed by atoms with Gasteiger partial charge in [-0.1, -0.05) is 61.9 Å². The van der Waals surface area contributed by atoms with E-state index in [-0.39, 0.29) is 0 Å². The largest absolute Gasteiger partial charge is 0.106 e. The van der Waals surface area contributed by atoms with Gasteiger partial charge >= 0.3 is 0 Å². The Kier molecular flexibility index (Phi) is 4.34. The molecule has 0 aliphatic heterocycles. The lowest BCUT2D eigenvalue weighted by Gasteiger charge is -2.04. The lowest BCUT2D eigenvalue weighted by Crippen LogP contribution is -1.93. The molecule has 1 heteroatoms. The maximum Gasteiger partial charge on any atom is -0.00258 e. The summed E-state index contributed by atoms with van der Waals surface area (Å²) in [4.78, 5) is 0. The van der Waals surface area contributed by atoms with Gasteiger partial charge in [-0.3, -0.25) is 0 Å². The first-order valence-corrected chi connectivity index (χ1v) is 6.78. The summed E-state index contributed by atoms with van der Waals surface area (Å²) in [5, 5.41) is 1.24. The molecule has 0 bridgehead atoms. The molecule has 2 aromatic carbocycles. The van der Waals surface area contributed by atoms with Crippen molar-refractivity contribution in [3.8, 4) is 0 Å². The van der Waals surface area contributed by atoms with Crippen LogP contribution in [0, 0.1) is 0 Å². The summed E-state index contributed by atoms with van der Waals surface area (Å²) in [6, 6.07) is 17.7. The molecule has 0 aliphatic rings. The van der Waals surface area contributed by atoms with Crippen LogP contribution in [-0.4, -0.2) is 0 Å². The van der Waals surface area contributed by atoms with E-state index in [1.807, 2.05) is 0 Å². The van der Waals surface area contributed by atoms with Crippen LogP contribution in [0.2, 0.25) is 0 Å². The molecule has 0 radical (unpaired) electrons. The van der Waals surface area contributed by atoms with Gasteiger partial charge in [0.1, 0.15) is 0 Å². The summed E-state index contributed by atoms with van der Waals surface area (Å²) in [6.45, 7) is 2.22. The Morgan fingerprint density at radius 1 is 0.765 bits per heavy atom. The second-order valence-electron chi connectivity index (χ2n) is 4.48. The van der Waals surface area contributed by atoms with Crippen LogP contribution in [0.15, 0.2) is 48.5 Å². The summed E-state index contributed by atoms with van der Waals surface area (Å²) in [5.41, 5.74) is 4.21. The zero-order valence-electron chi connectivity index (χ0n) is 10.3. The highest BCUT2D eigenvalue weighted by molar-refractivity contribution is 7.27. The molecule has 0 nitrogen and oxygen atoms in total. The highest BCUT2D eigenvalue weighted by atomic mass is 31.0. The van der Waals surface area contributed by atoms with Crippen LogP contribution in [0.25, 0.3) is 0 Å². The van der Waals surface area contributed by atoms with Gasteiger partial charge in [0.2, 0.25) is 0 Å². The molecular weight excluding hydrogens is 223 g/mol. The second kappa shape index (κ2) is 5.98. The van der Waals surface area contributed by atoms with E-state index in [1.165, 1.54) is 34.8 Å². The molecule has 1 unspecified atom stereocenters. The lowest BCUT2D eigenvalue weighted by molar-refractivity contribution is 0.920. The molecule has 0 heterocycles. The molecule has 0 spiro atoms. The van der Waals surface area contributed by atoms with Crippen LogP contribution in [0.1, 0.15) is 30.0 Å². The Balaban J connectivity index is 2.05. The summed E-state index contributed by atoms with van der Waals surface area (Å²) < 4.78 is 0. The quantitative estimate of drug-likeness (QED) is 0.717. The summed E-state index contributed by atoms with van der Waals surface area (Å²) in [6.07, 6.45) is 3.42.